The first kappa shape index (κ1) is 45.0. The Bertz CT molecular complexity index is 2210. The van der Waals surface area contributed by atoms with Gasteiger partial charge in [0.15, 0.2) is 26.6 Å². The summed E-state index contributed by atoms with van der Waals surface area (Å²) in [6.45, 7) is 10.5. The van der Waals surface area contributed by atoms with E-state index in [1.807, 2.05) is 6.92 Å². The average Bonchev–Trinajstić information content (AvgIpc) is 3.21. The molecule has 63 heavy (non-hydrogen) atoms. The van der Waals surface area contributed by atoms with E-state index in [1.54, 1.807) is 24.3 Å². The molecular weight excluding hydrogens is 843 g/mol. The minimum absolute atomic E-state index is 0.0434. The third kappa shape index (κ3) is 8.70. The zero-order chi connectivity index (χ0) is 44.7. The Morgan fingerprint density at radius 2 is 1.03 bits per heavy atom. The smallest absolute Gasteiger partial charge is 0.405 e. The van der Waals surface area contributed by atoms with Crippen LogP contribution in [0.5, 0.6) is 5.75 Å². The maximum atomic E-state index is 14.4. The molecule has 8 aliphatic rings. The Balaban J connectivity index is 0.979. The number of halogens is 2. The fourth-order valence-corrected chi connectivity index (χ4v) is 15.6. The number of alkyl halides is 2. The van der Waals surface area contributed by atoms with E-state index in [4.69, 9.17) is 18.8 Å². The molecule has 0 aliphatic heterocycles. The zero-order valence-electron chi connectivity index (χ0n) is 37.2. The zero-order valence-corrected chi connectivity index (χ0v) is 38.9. The second kappa shape index (κ2) is 16.3. The van der Waals surface area contributed by atoms with Gasteiger partial charge in [-0.2, -0.15) is 17.2 Å². The number of benzene rings is 3. The minimum Gasteiger partial charge on any atom is -0.483 e. The third-order valence-electron chi connectivity index (χ3n) is 16.0. The molecule has 8 fully saturated rings. The van der Waals surface area contributed by atoms with Crippen LogP contribution in [0, 0.1) is 46.3 Å². The van der Waals surface area contributed by atoms with E-state index in [2.05, 4.69) is 69.3 Å². The highest BCUT2D eigenvalue weighted by molar-refractivity contribution is 7.97. The van der Waals surface area contributed by atoms with Crippen molar-refractivity contribution < 1.29 is 45.6 Å². The van der Waals surface area contributed by atoms with Crippen LogP contribution in [0.2, 0.25) is 0 Å². The number of rotatable bonds is 16. The van der Waals surface area contributed by atoms with Crippen LogP contribution in [0.4, 0.5) is 8.78 Å². The van der Waals surface area contributed by atoms with E-state index in [-0.39, 0.29) is 45.7 Å². The van der Waals surface area contributed by atoms with Gasteiger partial charge in [0.05, 0.1) is 24.1 Å². The maximum Gasteiger partial charge on any atom is 0.405 e. The molecule has 0 radical (unpaired) electrons. The van der Waals surface area contributed by atoms with Crippen molar-refractivity contribution >= 4 is 32.6 Å². The average molecular weight is 906 g/mol. The van der Waals surface area contributed by atoms with E-state index < -0.39 is 38.2 Å². The number of hydrogen-bond acceptors (Lipinski definition) is 7. The van der Waals surface area contributed by atoms with Crippen LogP contribution in [0.3, 0.4) is 0 Å². The van der Waals surface area contributed by atoms with Gasteiger partial charge in [0.25, 0.3) is 0 Å². The van der Waals surface area contributed by atoms with E-state index in [0.29, 0.717) is 36.6 Å². The molecule has 0 saturated heterocycles. The first-order valence-electron chi connectivity index (χ1n) is 23.1. The third-order valence-corrected chi connectivity index (χ3v) is 19.3. The molecule has 0 spiro atoms. The van der Waals surface area contributed by atoms with Gasteiger partial charge in [-0.3, -0.25) is 14.1 Å². The van der Waals surface area contributed by atoms with Crippen molar-refractivity contribution in [2.24, 2.45) is 46.3 Å². The van der Waals surface area contributed by atoms with Crippen LogP contribution < -0.4 is 4.74 Å². The van der Waals surface area contributed by atoms with Gasteiger partial charge < -0.3 is 14.2 Å². The van der Waals surface area contributed by atoms with Crippen molar-refractivity contribution in [2.45, 2.75) is 149 Å². The quantitative estimate of drug-likeness (QED) is 0.0858. The van der Waals surface area contributed by atoms with Gasteiger partial charge in [-0.1, -0.05) is 32.9 Å². The molecule has 0 aromatic heterocycles. The van der Waals surface area contributed by atoms with Gasteiger partial charge >= 0.3 is 15.4 Å². The summed E-state index contributed by atoms with van der Waals surface area (Å²) < 4.78 is 79.7. The highest BCUT2D eigenvalue weighted by Gasteiger charge is 2.56. The van der Waals surface area contributed by atoms with Crippen molar-refractivity contribution in [3.63, 3.8) is 0 Å². The summed E-state index contributed by atoms with van der Waals surface area (Å²) in [5.41, 5.74) is 2.33. The van der Waals surface area contributed by atoms with Crippen LogP contribution in [-0.4, -0.2) is 49.1 Å². The number of carbonyl (C=O) groups is 2. The summed E-state index contributed by atoms with van der Waals surface area (Å²) in [6.07, 6.45) is 10.1. The summed E-state index contributed by atoms with van der Waals surface area (Å²) >= 11 is 0. The normalized spacial score (nSPS) is 31.9. The Labute approximate surface area is 374 Å². The predicted molar refractivity (Wildman–Crippen MR) is 237 cm³/mol. The maximum absolute atomic E-state index is 14.4. The van der Waals surface area contributed by atoms with Gasteiger partial charge in [-0.25, -0.2) is 0 Å². The second-order valence-electron chi connectivity index (χ2n) is 21.5. The van der Waals surface area contributed by atoms with E-state index >= 15 is 0 Å². The summed E-state index contributed by atoms with van der Waals surface area (Å²) in [6, 6.07) is 23.6. The lowest BCUT2D eigenvalue weighted by Gasteiger charge is -2.56. The Hall–Kier alpha value is -3.16. The van der Waals surface area contributed by atoms with Crippen molar-refractivity contribution in [1.82, 2.24) is 0 Å². The molecule has 340 valence electrons. The number of hydrogen-bond donors (Lipinski definition) is 1. The summed E-state index contributed by atoms with van der Waals surface area (Å²) in [5, 5.41) is -4.49. The van der Waals surface area contributed by atoms with Crippen LogP contribution in [0.1, 0.15) is 123 Å². The van der Waals surface area contributed by atoms with Gasteiger partial charge in [0, 0.05) is 29.2 Å². The van der Waals surface area contributed by atoms with Gasteiger partial charge in [-0.05, 0) is 185 Å². The topological polar surface area (TPSA) is 116 Å². The molecule has 8 aliphatic carbocycles. The Morgan fingerprint density at radius 1 is 0.651 bits per heavy atom. The molecule has 8 saturated carbocycles. The number of carbonyl (C=O) groups excluding carboxylic acids is 2. The van der Waals surface area contributed by atoms with E-state index in [9.17, 15) is 26.8 Å². The molecule has 6 atom stereocenters. The van der Waals surface area contributed by atoms with Crippen LogP contribution in [-0.2, 0) is 51.3 Å². The molecule has 0 heterocycles. The van der Waals surface area contributed by atoms with Crippen LogP contribution in [0.25, 0.3) is 0 Å². The molecule has 6 unspecified atom stereocenters. The first-order valence-corrected chi connectivity index (χ1v) is 25.7. The molecule has 8 nitrogen and oxygen atoms in total. The fraction of sp³-hybridized carbons (Fsp3) is 0.608. The van der Waals surface area contributed by atoms with Gasteiger partial charge in [0.2, 0.25) is 0 Å². The molecule has 0 amide bonds. The predicted octanol–water partition coefficient (Wildman–Crippen LogP) is 11.1. The molecule has 3 aromatic rings. The largest absolute Gasteiger partial charge is 0.483 e. The van der Waals surface area contributed by atoms with Crippen LogP contribution in [0.15, 0.2) is 87.5 Å². The minimum atomic E-state index is -5.67. The fourth-order valence-electron chi connectivity index (χ4n) is 13.1. The number of ether oxygens (including phenoxy) is 3. The number of ketones is 2. The van der Waals surface area contributed by atoms with Crippen molar-refractivity contribution in [3.8, 4) is 5.75 Å². The van der Waals surface area contributed by atoms with Crippen molar-refractivity contribution in [3.05, 3.63) is 83.9 Å². The Kier molecular flexibility index (Phi) is 11.7. The van der Waals surface area contributed by atoms with Gasteiger partial charge in [-0.15, -0.1) is 0 Å². The number of Topliss-reactive ketones (excluding diaryl/α,β-unsaturated/α-hetero) is 2. The molecule has 11 rings (SSSR count). The SMILES string of the molecule is CC(Oc1ccc([S+](c2ccc(C(C)(C)C)cc2)c2ccc(C(C)(OCCC34CC5CC(C3)C(=O)C(C5)C4)OCCC34CC5CC(C3)C(=O)C(C5)C4)cc2)cc1)C(F)(F)S(=O)(=O)O. The van der Waals surface area contributed by atoms with Gasteiger partial charge in [0.1, 0.15) is 17.3 Å². The van der Waals surface area contributed by atoms with E-state index in [0.717, 1.165) is 91.4 Å². The lowest BCUT2D eigenvalue weighted by molar-refractivity contribution is -0.245. The molecule has 1 N–H and O–H groups in total. The highest BCUT2D eigenvalue weighted by atomic mass is 32.2. The van der Waals surface area contributed by atoms with Crippen molar-refractivity contribution in [2.75, 3.05) is 13.2 Å². The summed E-state index contributed by atoms with van der Waals surface area (Å²) in [7, 11) is -6.32. The first-order chi connectivity index (χ1) is 29.6. The molecule has 3 aromatic carbocycles. The summed E-state index contributed by atoms with van der Waals surface area (Å²) in [5.74, 6) is 2.10. The second-order valence-corrected chi connectivity index (χ2v) is 25.0. The summed E-state index contributed by atoms with van der Waals surface area (Å²) in [4.78, 5) is 29.0. The van der Waals surface area contributed by atoms with Crippen molar-refractivity contribution in [1.29, 1.82) is 0 Å². The monoisotopic (exact) mass is 905 g/mol. The molecule has 8 bridgehead atoms. The highest BCUT2D eigenvalue weighted by Crippen LogP contribution is 2.61. The van der Waals surface area contributed by atoms with Crippen LogP contribution >= 0.6 is 0 Å². The lowest BCUT2D eigenvalue weighted by atomic mass is 9.48. The van der Waals surface area contributed by atoms with E-state index in [1.165, 1.54) is 18.4 Å². The lowest BCUT2D eigenvalue weighted by Crippen LogP contribution is -2.52. The molecule has 12 heteroatoms. The molecular formula is C51H63F2O8S2+. The standard InChI is InChI=1S/C51H62F2O8S2/c1-32(51(52,53)63(56,57)58)61-41-10-16-44(17-11-41)62(42-12-6-39(7-13-42)47(2,3)4)43-14-8-40(9-15-43)48(5,59-20-18-49-26-33-22-35(28-49)45(54)36(23-33)29-49)60-21-19-50-27-34-24-37(30-50)46(55)38(25-34)31-50/h6-17,32-38H,18-31H2,1-5H3/p+1. The Morgan fingerprint density at radius 3 is 1.41 bits per heavy atom.